The zero-order chi connectivity index (χ0) is 15.2. The highest BCUT2D eigenvalue weighted by atomic mass is 35.5. The maximum atomic E-state index is 9.40. The van der Waals surface area contributed by atoms with Crippen molar-refractivity contribution in [2.24, 2.45) is 0 Å². The van der Waals surface area contributed by atoms with Crippen LogP contribution >= 0.6 is 23.4 Å². The Morgan fingerprint density at radius 3 is 2.71 bits per heavy atom. The lowest BCUT2D eigenvalue weighted by atomic mass is 10.1. The molecule has 1 aromatic heterocycles. The van der Waals surface area contributed by atoms with E-state index in [-0.39, 0.29) is 0 Å². The number of pyridine rings is 1. The first-order chi connectivity index (χ1) is 10.1. The van der Waals surface area contributed by atoms with Gasteiger partial charge in [-0.3, -0.25) is 4.98 Å². The number of thioether (sulfide) groups is 1. The van der Waals surface area contributed by atoms with Gasteiger partial charge in [0.25, 0.3) is 0 Å². The smallest absolute Gasteiger partial charge is 0.101 e. The highest BCUT2D eigenvalue weighted by Gasteiger charge is 2.10. The van der Waals surface area contributed by atoms with E-state index in [0.29, 0.717) is 21.5 Å². The van der Waals surface area contributed by atoms with Crippen molar-refractivity contribution in [2.75, 3.05) is 0 Å². The van der Waals surface area contributed by atoms with Crippen LogP contribution in [0.15, 0.2) is 47.5 Å². The molecule has 1 aromatic carbocycles. The molecule has 0 spiro atoms. The number of rotatable bonds is 4. The molecule has 0 saturated carbocycles. The van der Waals surface area contributed by atoms with Crippen molar-refractivity contribution in [3.05, 3.63) is 58.9 Å². The molecule has 0 fully saturated rings. The van der Waals surface area contributed by atoms with Crippen LogP contribution in [0.2, 0.25) is 5.02 Å². The Balaban J connectivity index is 2.50. The van der Waals surface area contributed by atoms with E-state index in [0.717, 1.165) is 10.5 Å². The largest absolute Gasteiger partial charge is 0.256 e. The van der Waals surface area contributed by atoms with Crippen LogP contribution in [-0.4, -0.2) is 10.2 Å². The number of halogens is 1. The summed E-state index contributed by atoms with van der Waals surface area (Å²) in [5.41, 5.74) is 2.04. The van der Waals surface area contributed by atoms with Crippen LogP contribution in [0, 0.1) is 11.3 Å². The minimum Gasteiger partial charge on any atom is -0.256 e. The van der Waals surface area contributed by atoms with Gasteiger partial charge in [-0.1, -0.05) is 37.6 Å². The quantitative estimate of drug-likeness (QED) is 0.567. The Kier molecular flexibility index (Phi) is 5.44. The van der Waals surface area contributed by atoms with Crippen LogP contribution in [0.5, 0.6) is 0 Å². The first-order valence-electron chi connectivity index (χ1n) is 6.60. The van der Waals surface area contributed by atoms with Crippen molar-refractivity contribution < 1.29 is 0 Å². The number of hydrogen-bond donors (Lipinski definition) is 0. The average molecular weight is 315 g/mol. The molecule has 106 valence electrons. The van der Waals surface area contributed by atoms with Crippen LogP contribution in [0.3, 0.4) is 0 Å². The van der Waals surface area contributed by atoms with E-state index < -0.39 is 0 Å². The van der Waals surface area contributed by atoms with Crippen LogP contribution < -0.4 is 0 Å². The van der Waals surface area contributed by atoms with E-state index in [9.17, 15) is 5.26 Å². The van der Waals surface area contributed by atoms with Crippen LogP contribution in [0.1, 0.15) is 25.1 Å². The molecular weight excluding hydrogens is 300 g/mol. The van der Waals surface area contributed by atoms with Gasteiger partial charge >= 0.3 is 0 Å². The van der Waals surface area contributed by atoms with Gasteiger partial charge < -0.3 is 0 Å². The lowest BCUT2D eigenvalue weighted by Gasteiger charge is -2.10. The zero-order valence-electron chi connectivity index (χ0n) is 11.9. The molecule has 0 radical (unpaired) electrons. The van der Waals surface area contributed by atoms with Gasteiger partial charge in [0.05, 0.1) is 11.3 Å². The third-order valence-corrected chi connectivity index (χ3v) is 4.14. The first-order valence-corrected chi connectivity index (χ1v) is 7.86. The van der Waals surface area contributed by atoms with E-state index in [1.807, 2.05) is 42.5 Å². The molecule has 0 N–H and O–H groups in total. The summed E-state index contributed by atoms with van der Waals surface area (Å²) >= 11 is 8.04. The molecule has 0 saturated heterocycles. The molecule has 0 amide bonds. The number of aromatic nitrogens is 1. The second-order valence-corrected chi connectivity index (χ2v) is 6.73. The number of nitrogens with zero attached hydrogens (tertiary/aromatic N) is 2. The maximum Gasteiger partial charge on any atom is 0.101 e. The average Bonchev–Trinajstić information content (AvgIpc) is 2.47. The summed E-state index contributed by atoms with van der Waals surface area (Å²) in [4.78, 5) is 5.30. The number of allylic oxidation sites excluding steroid dienone is 1. The molecule has 0 unspecified atom stereocenters. The SMILES string of the molecule is CC(C)Sc1cccc(Cl)c1/C=C(\C#N)c1ccccn1. The molecule has 1 heterocycles. The second kappa shape index (κ2) is 7.31. The molecule has 2 aromatic rings. The molecule has 0 aliphatic heterocycles. The fourth-order valence-corrected chi connectivity index (χ4v) is 3.09. The predicted octanol–water partition coefficient (Wildman–Crippen LogP) is 5.30. The summed E-state index contributed by atoms with van der Waals surface area (Å²) < 4.78 is 0. The Morgan fingerprint density at radius 2 is 2.10 bits per heavy atom. The molecule has 4 heteroatoms. The summed E-state index contributed by atoms with van der Waals surface area (Å²) in [5, 5.41) is 10.5. The number of benzene rings is 1. The van der Waals surface area contributed by atoms with Gasteiger partial charge in [0.15, 0.2) is 0 Å². The molecule has 21 heavy (non-hydrogen) atoms. The highest BCUT2D eigenvalue weighted by molar-refractivity contribution is 8.00. The topological polar surface area (TPSA) is 36.7 Å². The molecule has 0 aliphatic rings. The van der Waals surface area contributed by atoms with Gasteiger partial charge in [-0.25, -0.2) is 0 Å². The first kappa shape index (κ1) is 15.6. The van der Waals surface area contributed by atoms with Gasteiger partial charge in [-0.05, 0) is 30.3 Å². The van der Waals surface area contributed by atoms with Crippen molar-refractivity contribution in [2.45, 2.75) is 24.0 Å². The van der Waals surface area contributed by atoms with E-state index in [1.54, 1.807) is 18.0 Å². The number of nitriles is 1. The van der Waals surface area contributed by atoms with Crippen molar-refractivity contribution in [3.8, 4) is 6.07 Å². The molecular formula is C17H15ClN2S. The van der Waals surface area contributed by atoms with Crippen molar-refractivity contribution in [1.82, 2.24) is 4.98 Å². The van der Waals surface area contributed by atoms with Crippen molar-refractivity contribution in [1.29, 1.82) is 5.26 Å². The maximum absolute atomic E-state index is 9.40. The second-order valence-electron chi connectivity index (χ2n) is 4.70. The molecule has 2 rings (SSSR count). The van der Waals surface area contributed by atoms with Gasteiger partial charge in [0.1, 0.15) is 6.07 Å². The van der Waals surface area contributed by atoms with Gasteiger partial charge in [-0.15, -0.1) is 11.8 Å². The monoisotopic (exact) mass is 314 g/mol. The Labute approximate surface area is 134 Å². The molecule has 0 bridgehead atoms. The van der Waals surface area contributed by atoms with Crippen molar-refractivity contribution >= 4 is 35.0 Å². The van der Waals surface area contributed by atoms with Crippen LogP contribution in [0.25, 0.3) is 11.6 Å². The standard InChI is InChI=1S/C17H15ClN2S/c1-12(2)21-17-8-5-6-15(18)14(17)10-13(11-19)16-7-3-4-9-20-16/h3-10,12H,1-2H3/b13-10+. The lowest BCUT2D eigenvalue weighted by molar-refractivity contribution is 1.11. The Morgan fingerprint density at radius 1 is 1.29 bits per heavy atom. The third kappa shape index (κ3) is 4.10. The minimum atomic E-state index is 0.441. The fourth-order valence-electron chi connectivity index (χ4n) is 1.84. The van der Waals surface area contributed by atoms with Gasteiger partial charge in [0, 0.05) is 26.9 Å². The predicted molar refractivity (Wildman–Crippen MR) is 90.2 cm³/mol. The van der Waals surface area contributed by atoms with Gasteiger partial charge in [-0.2, -0.15) is 5.26 Å². The summed E-state index contributed by atoms with van der Waals surface area (Å²) in [6.07, 6.45) is 3.49. The van der Waals surface area contributed by atoms with Crippen molar-refractivity contribution in [3.63, 3.8) is 0 Å². The molecule has 0 aliphatic carbocycles. The normalized spacial score (nSPS) is 11.5. The summed E-state index contributed by atoms with van der Waals surface area (Å²) in [6, 6.07) is 13.5. The number of hydrogen-bond acceptors (Lipinski definition) is 3. The summed E-state index contributed by atoms with van der Waals surface area (Å²) in [6.45, 7) is 4.26. The third-order valence-electron chi connectivity index (χ3n) is 2.73. The van der Waals surface area contributed by atoms with Crippen LogP contribution in [0.4, 0.5) is 0 Å². The Hall–Kier alpha value is -1.76. The highest BCUT2D eigenvalue weighted by Crippen LogP contribution is 2.33. The Bertz CT molecular complexity index is 688. The zero-order valence-corrected chi connectivity index (χ0v) is 13.4. The van der Waals surface area contributed by atoms with E-state index in [1.165, 1.54) is 0 Å². The van der Waals surface area contributed by atoms with Gasteiger partial charge in [0.2, 0.25) is 0 Å². The molecule has 2 nitrogen and oxygen atoms in total. The van der Waals surface area contributed by atoms with E-state index in [4.69, 9.17) is 11.6 Å². The van der Waals surface area contributed by atoms with E-state index in [2.05, 4.69) is 24.9 Å². The lowest BCUT2D eigenvalue weighted by Crippen LogP contribution is -1.91. The summed E-state index contributed by atoms with van der Waals surface area (Å²) in [7, 11) is 0. The fraction of sp³-hybridized carbons (Fsp3) is 0.176. The van der Waals surface area contributed by atoms with E-state index >= 15 is 0 Å². The molecule has 0 atom stereocenters. The minimum absolute atomic E-state index is 0.441. The summed E-state index contributed by atoms with van der Waals surface area (Å²) in [5.74, 6) is 0. The van der Waals surface area contributed by atoms with Crippen LogP contribution in [-0.2, 0) is 0 Å².